The number of benzene rings is 2. The van der Waals surface area contributed by atoms with E-state index < -0.39 is 11.9 Å². The molecule has 0 aromatic heterocycles. The number of hydrogen-bond acceptors (Lipinski definition) is 6. The number of aromatic carboxylic acids is 1. The van der Waals surface area contributed by atoms with Crippen LogP contribution in [-0.4, -0.2) is 42.3 Å². The molecular weight excluding hydrogens is 470 g/mol. The Bertz CT molecular complexity index is 1120. The van der Waals surface area contributed by atoms with Crippen molar-refractivity contribution in [1.82, 2.24) is 0 Å². The van der Waals surface area contributed by atoms with Crippen molar-refractivity contribution in [3.63, 3.8) is 0 Å². The number of hydrazone groups is 1. The van der Waals surface area contributed by atoms with E-state index in [1.165, 1.54) is 36.4 Å². The van der Waals surface area contributed by atoms with E-state index in [1.54, 1.807) is 25.1 Å². The fraction of sp³-hybridized carbons (Fsp3) is 0.143. The molecule has 2 aromatic carbocycles. The molecule has 9 nitrogen and oxygen atoms in total. The third kappa shape index (κ3) is 4.75. The van der Waals surface area contributed by atoms with Crippen LogP contribution >= 0.6 is 15.9 Å². The van der Waals surface area contributed by atoms with Crippen molar-refractivity contribution >= 4 is 51.2 Å². The molecule has 3 rings (SSSR count). The number of methoxy groups -OCH3 is 1. The second-order valence-electron chi connectivity index (χ2n) is 6.50. The number of rotatable bonds is 7. The minimum absolute atomic E-state index is 0.113. The van der Waals surface area contributed by atoms with Crippen LogP contribution in [0, 0.1) is 0 Å². The minimum atomic E-state index is -1.05. The Kier molecular flexibility index (Phi) is 6.40. The molecule has 160 valence electrons. The van der Waals surface area contributed by atoms with Crippen LogP contribution in [0.2, 0.25) is 0 Å². The maximum absolute atomic E-state index is 12.9. The summed E-state index contributed by atoms with van der Waals surface area (Å²) in [7, 11) is 1.45. The normalized spacial score (nSPS) is 14.5. The number of hydrogen-bond donors (Lipinski definition) is 2. The molecule has 0 spiro atoms. The van der Waals surface area contributed by atoms with Gasteiger partial charge in [-0.2, -0.15) is 10.1 Å². The molecule has 3 N–H and O–H groups in total. The minimum Gasteiger partial charge on any atom is -0.493 e. The molecular formula is C21H18BrN3O6. The van der Waals surface area contributed by atoms with Gasteiger partial charge in [-0.25, -0.2) is 4.79 Å². The molecule has 0 fully saturated rings. The predicted octanol–water partition coefficient (Wildman–Crippen LogP) is 2.83. The lowest BCUT2D eigenvalue weighted by Crippen LogP contribution is -2.21. The van der Waals surface area contributed by atoms with Gasteiger partial charge in [0.1, 0.15) is 0 Å². The molecule has 0 bridgehead atoms. The summed E-state index contributed by atoms with van der Waals surface area (Å²) in [5.74, 6) is -1.37. The smallest absolute Gasteiger partial charge is 0.335 e. The van der Waals surface area contributed by atoms with Gasteiger partial charge in [0.25, 0.3) is 11.8 Å². The van der Waals surface area contributed by atoms with Crippen LogP contribution in [0.3, 0.4) is 0 Å². The van der Waals surface area contributed by atoms with Gasteiger partial charge in [0.2, 0.25) is 0 Å². The number of nitrogens with two attached hydrogens (primary N) is 1. The van der Waals surface area contributed by atoms with Crippen molar-refractivity contribution in [3.05, 3.63) is 57.6 Å². The molecule has 10 heteroatoms. The number of amides is 2. The Labute approximate surface area is 185 Å². The van der Waals surface area contributed by atoms with Crippen molar-refractivity contribution in [3.8, 4) is 11.5 Å². The van der Waals surface area contributed by atoms with Crippen molar-refractivity contribution in [1.29, 1.82) is 0 Å². The summed E-state index contributed by atoms with van der Waals surface area (Å²) in [5.41, 5.74) is 7.18. The first-order valence-electron chi connectivity index (χ1n) is 8.95. The van der Waals surface area contributed by atoms with Crippen LogP contribution in [0.4, 0.5) is 5.69 Å². The Morgan fingerprint density at radius 1 is 1.26 bits per heavy atom. The number of carbonyl (C=O) groups is 3. The predicted molar refractivity (Wildman–Crippen MR) is 117 cm³/mol. The third-order valence-corrected chi connectivity index (χ3v) is 4.93. The van der Waals surface area contributed by atoms with E-state index in [2.05, 4.69) is 21.0 Å². The van der Waals surface area contributed by atoms with Gasteiger partial charge in [-0.1, -0.05) is 0 Å². The van der Waals surface area contributed by atoms with E-state index in [9.17, 15) is 14.4 Å². The highest BCUT2D eigenvalue weighted by Crippen LogP contribution is 2.37. The summed E-state index contributed by atoms with van der Waals surface area (Å²) in [6.07, 6.45) is 1.65. The lowest BCUT2D eigenvalue weighted by molar-refractivity contribution is -0.120. The number of anilines is 1. The summed E-state index contributed by atoms with van der Waals surface area (Å²) < 4.78 is 11.2. The number of halogens is 1. The van der Waals surface area contributed by atoms with Gasteiger partial charge in [-0.05, 0) is 70.9 Å². The van der Waals surface area contributed by atoms with Gasteiger partial charge in [0, 0.05) is 0 Å². The molecule has 1 aliphatic heterocycles. The highest BCUT2D eigenvalue weighted by Gasteiger charge is 2.29. The quantitative estimate of drug-likeness (QED) is 0.577. The van der Waals surface area contributed by atoms with Crippen LogP contribution in [0.1, 0.15) is 22.8 Å². The average Bonchev–Trinajstić information content (AvgIpc) is 3.00. The maximum atomic E-state index is 12.9. The monoisotopic (exact) mass is 487 g/mol. The van der Waals surface area contributed by atoms with Gasteiger partial charge in [0.15, 0.2) is 18.1 Å². The zero-order valence-corrected chi connectivity index (χ0v) is 18.2. The fourth-order valence-electron chi connectivity index (χ4n) is 2.88. The first kappa shape index (κ1) is 22.0. The Balaban J connectivity index is 1.90. The van der Waals surface area contributed by atoms with Crippen LogP contribution in [0.15, 0.2) is 51.5 Å². The molecule has 0 saturated heterocycles. The largest absolute Gasteiger partial charge is 0.493 e. The van der Waals surface area contributed by atoms with Gasteiger partial charge < -0.3 is 20.3 Å². The molecule has 1 heterocycles. The zero-order valence-electron chi connectivity index (χ0n) is 16.6. The van der Waals surface area contributed by atoms with E-state index in [1.807, 2.05) is 0 Å². The van der Waals surface area contributed by atoms with E-state index >= 15 is 0 Å². The topological polar surface area (TPSA) is 132 Å². The zero-order chi connectivity index (χ0) is 22.7. The molecule has 31 heavy (non-hydrogen) atoms. The maximum Gasteiger partial charge on any atom is 0.335 e. The van der Waals surface area contributed by atoms with Crippen LogP contribution in [-0.2, 0) is 9.59 Å². The summed E-state index contributed by atoms with van der Waals surface area (Å²) >= 11 is 3.38. The molecule has 0 atom stereocenters. The summed E-state index contributed by atoms with van der Waals surface area (Å²) in [6, 6.07) is 9.21. The molecule has 1 aliphatic rings. The summed E-state index contributed by atoms with van der Waals surface area (Å²) in [6.45, 7) is 1.39. The number of ether oxygens (including phenoxy) is 2. The van der Waals surface area contributed by atoms with E-state index in [0.717, 1.165) is 0 Å². The fourth-order valence-corrected chi connectivity index (χ4v) is 3.45. The standard InChI is InChI=1S/C21H18BrN3O6/c1-11-15(20(27)25(24-11)14-5-3-13(4-6-14)21(28)29)7-12-8-16(22)19(17(9-12)30-2)31-10-18(23)26/h3-9H,10H2,1-2H3,(H2,23,26)(H,28,29)/b15-7-. The van der Waals surface area contributed by atoms with Crippen LogP contribution in [0.25, 0.3) is 6.08 Å². The second-order valence-corrected chi connectivity index (χ2v) is 7.36. The Morgan fingerprint density at radius 2 is 1.94 bits per heavy atom. The lowest BCUT2D eigenvalue weighted by atomic mass is 10.1. The van der Waals surface area contributed by atoms with E-state index in [4.69, 9.17) is 20.3 Å². The van der Waals surface area contributed by atoms with Crippen LogP contribution in [0.5, 0.6) is 11.5 Å². The van der Waals surface area contributed by atoms with Crippen molar-refractivity contribution < 1.29 is 29.0 Å². The molecule has 0 unspecified atom stereocenters. The van der Waals surface area contributed by atoms with Crippen molar-refractivity contribution in [2.75, 3.05) is 18.7 Å². The van der Waals surface area contributed by atoms with Crippen LogP contribution < -0.4 is 20.2 Å². The average molecular weight is 488 g/mol. The molecule has 2 amide bonds. The van der Waals surface area contributed by atoms with Crippen molar-refractivity contribution in [2.45, 2.75) is 6.92 Å². The van der Waals surface area contributed by atoms with Gasteiger partial charge in [-0.3, -0.25) is 9.59 Å². The molecule has 0 saturated carbocycles. The number of nitrogens with zero attached hydrogens (tertiary/aromatic N) is 2. The highest BCUT2D eigenvalue weighted by atomic mass is 79.9. The number of primary amides is 1. The summed E-state index contributed by atoms with van der Waals surface area (Å²) in [4.78, 5) is 35.0. The van der Waals surface area contributed by atoms with Gasteiger partial charge in [-0.15, -0.1) is 0 Å². The molecule has 0 aliphatic carbocycles. The highest BCUT2D eigenvalue weighted by molar-refractivity contribution is 9.10. The van der Waals surface area contributed by atoms with E-state index in [-0.39, 0.29) is 18.1 Å². The van der Waals surface area contributed by atoms with Gasteiger partial charge in [0.05, 0.1) is 34.1 Å². The number of carbonyl (C=O) groups excluding carboxylic acids is 2. The second kappa shape index (κ2) is 9.00. The van der Waals surface area contributed by atoms with Gasteiger partial charge >= 0.3 is 5.97 Å². The Morgan fingerprint density at radius 3 is 2.52 bits per heavy atom. The van der Waals surface area contributed by atoms with E-state index in [0.29, 0.717) is 38.5 Å². The molecule has 2 aromatic rings. The lowest BCUT2D eigenvalue weighted by Gasteiger charge is -2.13. The number of carboxylic acid groups (broad SMARTS) is 1. The number of carboxylic acids is 1. The Hall–Kier alpha value is -3.66. The third-order valence-electron chi connectivity index (χ3n) is 4.34. The van der Waals surface area contributed by atoms with Crippen molar-refractivity contribution in [2.24, 2.45) is 10.8 Å². The molecule has 0 radical (unpaired) electrons. The SMILES string of the molecule is COc1cc(/C=C2\C(=O)N(c3ccc(C(=O)O)cc3)N=C2C)cc(Br)c1OCC(N)=O. The first-order valence-corrected chi connectivity index (χ1v) is 9.74. The first-order chi connectivity index (χ1) is 14.7. The summed E-state index contributed by atoms with van der Waals surface area (Å²) in [5, 5.41) is 14.5.